The quantitative estimate of drug-likeness (QED) is 0.663. The number of aromatic amines is 1. The van der Waals surface area contributed by atoms with Gasteiger partial charge in [0.05, 0.1) is 19.0 Å². The van der Waals surface area contributed by atoms with Crippen LogP contribution in [-0.2, 0) is 4.74 Å². The van der Waals surface area contributed by atoms with Crippen molar-refractivity contribution in [1.82, 2.24) is 9.97 Å². The van der Waals surface area contributed by atoms with Crippen LogP contribution in [0.2, 0.25) is 0 Å². The van der Waals surface area contributed by atoms with Gasteiger partial charge >= 0.3 is 0 Å². The largest absolute Gasteiger partial charge is 0.475 e. The molecule has 1 aromatic heterocycles. The highest BCUT2D eigenvalue weighted by atomic mass is 16.5. The topological polar surface area (TPSA) is 64.2 Å². The van der Waals surface area contributed by atoms with Crippen molar-refractivity contribution in [3.63, 3.8) is 0 Å². The molecule has 1 heterocycles. The van der Waals surface area contributed by atoms with Crippen LogP contribution in [0, 0.1) is 0 Å². The molecule has 1 N–H and O–H groups in total. The van der Waals surface area contributed by atoms with Crippen LogP contribution in [0.25, 0.3) is 0 Å². The van der Waals surface area contributed by atoms with Gasteiger partial charge in [0.1, 0.15) is 6.61 Å². The van der Waals surface area contributed by atoms with E-state index in [0.717, 1.165) is 0 Å². The molecule has 0 aliphatic heterocycles. The summed E-state index contributed by atoms with van der Waals surface area (Å²) in [6.45, 7) is 3.48. The molecule has 0 bridgehead atoms. The molecule has 13 heavy (non-hydrogen) atoms. The summed E-state index contributed by atoms with van der Waals surface area (Å²) in [5, 5.41) is 0. The number of hydrogen-bond acceptors (Lipinski definition) is 4. The number of aromatic nitrogens is 2. The standard InChI is InChI=1S/C8H12N2O3/c1-2-12-3-4-13-8-5-7(11)9-6-10-8/h5-6H,2-4H2,1H3,(H,9,10,11). The van der Waals surface area contributed by atoms with E-state index in [9.17, 15) is 4.79 Å². The zero-order valence-corrected chi connectivity index (χ0v) is 7.45. The lowest BCUT2D eigenvalue weighted by Crippen LogP contribution is -2.10. The first-order chi connectivity index (χ1) is 6.33. The maximum absolute atomic E-state index is 10.8. The summed E-state index contributed by atoms with van der Waals surface area (Å²) in [5.74, 6) is 0.323. The van der Waals surface area contributed by atoms with Gasteiger partial charge in [0.15, 0.2) is 0 Å². The Hall–Kier alpha value is -1.36. The Morgan fingerprint density at radius 1 is 1.54 bits per heavy atom. The molecule has 0 radical (unpaired) electrons. The molecule has 0 aliphatic rings. The van der Waals surface area contributed by atoms with Crippen LogP contribution in [-0.4, -0.2) is 29.8 Å². The fraction of sp³-hybridized carbons (Fsp3) is 0.500. The molecular weight excluding hydrogens is 172 g/mol. The van der Waals surface area contributed by atoms with Gasteiger partial charge in [-0.1, -0.05) is 0 Å². The minimum absolute atomic E-state index is 0.221. The van der Waals surface area contributed by atoms with Gasteiger partial charge in [-0.15, -0.1) is 0 Å². The Morgan fingerprint density at radius 2 is 2.38 bits per heavy atom. The van der Waals surface area contributed by atoms with Gasteiger partial charge in [-0.05, 0) is 6.92 Å². The molecule has 1 rings (SSSR count). The van der Waals surface area contributed by atoms with Crippen LogP contribution in [0.15, 0.2) is 17.2 Å². The van der Waals surface area contributed by atoms with Crippen LogP contribution in [0.1, 0.15) is 6.92 Å². The minimum atomic E-state index is -0.221. The summed E-state index contributed by atoms with van der Waals surface area (Å²) >= 11 is 0. The Bertz CT molecular complexity index is 297. The second kappa shape index (κ2) is 5.31. The molecular formula is C8H12N2O3. The fourth-order valence-electron chi connectivity index (χ4n) is 0.779. The molecule has 0 saturated heterocycles. The highest BCUT2D eigenvalue weighted by Gasteiger charge is 1.94. The summed E-state index contributed by atoms with van der Waals surface area (Å²) in [6, 6.07) is 1.30. The van der Waals surface area contributed by atoms with E-state index in [1.807, 2.05) is 6.92 Å². The zero-order chi connectivity index (χ0) is 9.52. The average molecular weight is 184 g/mol. The molecule has 0 saturated carbocycles. The second-order valence-electron chi connectivity index (χ2n) is 2.29. The number of nitrogens with zero attached hydrogens (tertiary/aromatic N) is 1. The predicted molar refractivity (Wildman–Crippen MR) is 46.8 cm³/mol. The molecule has 5 nitrogen and oxygen atoms in total. The molecule has 0 spiro atoms. The summed E-state index contributed by atoms with van der Waals surface area (Å²) in [6.07, 6.45) is 1.30. The van der Waals surface area contributed by atoms with Crippen molar-refractivity contribution >= 4 is 0 Å². The van der Waals surface area contributed by atoms with Crippen molar-refractivity contribution in [2.75, 3.05) is 19.8 Å². The number of ether oxygens (including phenoxy) is 2. The lowest BCUT2D eigenvalue weighted by atomic mass is 10.6. The molecule has 0 fully saturated rings. The number of hydrogen-bond donors (Lipinski definition) is 1. The fourth-order valence-corrected chi connectivity index (χ4v) is 0.779. The Labute approximate surface area is 75.7 Å². The van der Waals surface area contributed by atoms with E-state index in [0.29, 0.717) is 25.7 Å². The Morgan fingerprint density at radius 3 is 3.08 bits per heavy atom. The van der Waals surface area contributed by atoms with Crippen LogP contribution < -0.4 is 10.3 Å². The molecule has 0 aliphatic carbocycles. The smallest absolute Gasteiger partial charge is 0.254 e. The van der Waals surface area contributed by atoms with Crippen LogP contribution in [0.5, 0.6) is 5.88 Å². The van der Waals surface area contributed by atoms with Gasteiger partial charge in [-0.2, -0.15) is 0 Å². The number of rotatable bonds is 5. The van der Waals surface area contributed by atoms with Crippen molar-refractivity contribution in [2.24, 2.45) is 0 Å². The Balaban J connectivity index is 2.33. The van der Waals surface area contributed by atoms with Crippen molar-refractivity contribution < 1.29 is 9.47 Å². The van der Waals surface area contributed by atoms with E-state index < -0.39 is 0 Å². The van der Waals surface area contributed by atoms with E-state index in [-0.39, 0.29) is 5.56 Å². The summed E-state index contributed by atoms with van der Waals surface area (Å²) < 4.78 is 10.2. The summed E-state index contributed by atoms with van der Waals surface area (Å²) in [7, 11) is 0. The van der Waals surface area contributed by atoms with Gasteiger partial charge < -0.3 is 14.5 Å². The molecule has 5 heteroatoms. The third-order valence-corrected chi connectivity index (χ3v) is 1.33. The summed E-state index contributed by atoms with van der Waals surface area (Å²) in [4.78, 5) is 17.0. The normalized spacial score (nSPS) is 9.92. The molecule has 0 atom stereocenters. The highest BCUT2D eigenvalue weighted by Crippen LogP contribution is 1.97. The minimum Gasteiger partial charge on any atom is -0.475 e. The molecule has 1 aromatic rings. The van der Waals surface area contributed by atoms with Crippen molar-refractivity contribution in [1.29, 1.82) is 0 Å². The Kier molecular flexibility index (Phi) is 3.98. The van der Waals surface area contributed by atoms with Gasteiger partial charge in [0, 0.05) is 6.61 Å². The average Bonchev–Trinajstić information content (AvgIpc) is 2.13. The van der Waals surface area contributed by atoms with E-state index >= 15 is 0 Å². The van der Waals surface area contributed by atoms with Gasteiger partial charge in [-0.3, -0.25) is 4.79 Å². The van der Waals surface area contributed by atoms with Gasteiger partial charge in [-0.25, -0.2) is 4.98 Å². The lowest BCUT2D eigenvalue weighted by Gasteiger charge is -2.03. The number of nitrogens with one attached hydrogen (secondary N) is 1. The van der Waals surface area contributed by atoms with Gasteiger partial charge in [0.2, 0.25) is 5.88 Å². The second-order valence-corrected chi connectivity index (χ2v) is 2.29. The highest BCUT2D eigenvalue weighted by molar-refractivity contribution is 5.04. The van der Waals surface area contributed by atoms with Crippen LogP contribution >= 0.6 is 0 Å². The van der Waals surface area contributed by atoms with Crippen molar-refractivity contribution in [2.45, 2.75) is 6.92 Å². The van der Waals surface area contributed by atoms with E-state index in [4.69, 9.17) is 9.47 Å². The maximum atomic E-state index is 10.8. The zero-order valence-electron chi connectivity index (χ0n) is 7.45. The van der Waals surface area contributed by atoms with Crippen LogP contribution in [0.4, 0.5) is 0 Å². The first-order valence-electron chi connectivity index (χ1n) is 4.08. The van der Waals surface area contributed by atoms with Gasteiger partial charge in [0.25, 0.3) is 5.56 Å². The first kappa shape index (κ1) is 9.73. The van der Waals surface area contributed by atoms with Crippen molar-refractivity contribution in [3.05, 3.63) is 22.7 Å². The third kappa shape index (κ3) is 3.71. The SMILES string of the molecule is CCOCCOc1cc(=O)[nH]cn1. The van der Waals surface area contributed by atoms with Crippen molar-refractivity contribution in [3.8, 4) is 5.88 Å². The third-order valence-electron chi connectivity index (χ3n) is 1.33. The molecule has 0 unspecified atom stereocenters. The first-order valence-corrected chi connectivity index (χ1v) is 4.08. The summed E-state index contributed by atoms with van der Waals surface area (Å²) in [5.41, 5.74) is -0.221. The molecule has 0 aromatic carbocycles. The molecule has 72 valence electrons. The number of H-pyrrole nitrogens is 1. The van der Waals surface area contributed by atoms with E-state index in [1.165, 1.54) is 12.4 Å². The predicted octanol–water partition coefficient (Wildman–Crippen LogP) is 0.185. The van der Waals surface area contributed by atoms with Crippen LogP contribution in [0.3, 0.4) is 0 Å². The van der Waals surface area contributed by atoms with E-state index in [2.05, 4.69) is 9.97 Å². The maximum Gasteiger partial charge on any atom is 0.254 e. The van der Waals surface area contributed by atoms with E-state index in [1.54, 1.807) is 0 Å². The lowest BCUT2D eigenvalue weighted by molar-refractivity contribution is 0.108. The monoisotopic (exact) mass is 184 g/mol. The molecule has 0 amide bonds.